The van der Waals surface area contributed by atoms with Gasteiger partial charge in [-0.15, -0.1) is 0 Å². The van der Waals surface area contributed by atoms with Crippen molar-refractivity contribution in [2.75, 3.05) is 0 Å². The highest BCUT2D eigenvalue weighted by Gasteiger charge is 2.17. The number of nitrogens with one attached hydrogen (secondary N) is 1. The van der Waals surface area contributed by atoms with Crippen LogP contribution in [-0.2, 0) is 11.3 Å². The van der Waals surface area contributed by atoms with Crippen LogP contribution in [0.25, 0.3) is 11.0 Å². The first-order chi connectivity index (χ1) is 9.74. The second-order valence-electron chi connectivity index (χ2n) is 5.64. The van der Waals surface area contributed by atoms with Crippen LogP contribution in [0.3, 0.4) is 0 Å². The predicted octanol–water partition coefficient (Wildman–Crippen LogP) is 2.79. The van der Waals surface area contributed by atoms with Crippen molar-refractivity contribution in [3.63, 3.8) is 0 Å². The Morgan fingerprint density at radius 1 is 1.30 bits per heavy atom. The Kier molecular flexibility index (Phi) is 3.72. The molecule has 1 aliphatic carbocycles. The summed E-state index contributed by atoms with van der Waals surface area (Å²) in [5.41, 5.74) is 1.99. The van der Waals surface area contributed by atoms with Crippen LogP contribution in [0.1, 0.15) is 37.9 Å². The molecule has 1 amide bonds. The molecule has 1 heterocycles. The molecular weight excluding hydrogens is 250 g/mol. The average molecular weight is 271 g/mol. The SMILES string of the molecule is Cc1nc2ccccc2n1CC(=O)NC1CCCCC1. The average Bonchev–Trinajstić information content (AvgIpc) is 2.76. The number of rotatable bonds is 3. The Morgan fingerprint density at radius 2 is 2.05 bits per heavy atom. The number of imidazole rings is 1. The fraction of sp³-hybridized carbons (Fsp3) is 0.500. The highest BCUT2D eigenvalue weighted by Crippen LogP contribution is 2.18. The summed E-state index contributed by atoms with van der Waals surface area (Å²) in [5.74, 6) is 0.994. The lowest BCUT2D eigenvalue weighted by atomic mass is 9.95. The predicted molar refractivity (Wildman–Crippen MR) is 79.5 cm³/mol. The number of amides is 1. The van der Waals surface area contributed by atoms with Gasteiger partial charge in [0.05, 0.1) is 11.0 Å². The van der Waals surface area contributed by atoms with Crippen LogP contribution in [0.5, 0.6) is 0 Å². The molecule has 0 unspecified atom stereocenters. The van der Waals surface area contributed by atoms with Gasteiger partial charge in [-0.2, -0.15) is 0 Å². The van der Waals surface area contributed by atoms with E-state index in [0.29, 0.717) is 12.6 Å². The highest BCUT2D eigenvalue weighted by atomic mass is 16.2. The topological polar surface area (TPSA) is 46.9 Å². The van der Waals surface area contributed by atoms with Crippen molar-refractivity contribution in [3.8, 4) is 0 Å². The van der Waals surface area contributed by atoms with E-state index in [1.54, 1.807) is 0 Å². The molecule has 20 heavy (non-hydrogen) atoms. The summed E-state index contributed by atoms with van der Waals surface area (Å²) in [6, 6.07) is 8.33. The normalized spacial score (nSPS) is 16.4. The number of aromatic nitrogens is 2. The maximum absolute atomic E-state index is 12.2. The van der Waals surface area contributed by atoms with Crippen molar-refractivity contribution < 1.29 is 4.79 Å². The van der Waals surface area contributed by atoms with Crippen LogP contribution >= 0.6 is 0 Å². The molecule has 2 aromatic rings. The molecule has 0 aliphatic heterocycles. The molecular formula is C16H21N3O. The fourth-order valence-electron chi connectivity index (χ4n) is 3.06. The third-order valence-electron chi connectivity index (χ3n) is 4.12. The van der Waals surface area contributed by atoms with E-state index in [-0.39, 0.29) is 5.91 Å². The molecule has 0 saturated heterocycles. The lowest BCUT2D eigenvalue weighted by Crippen LogP contribution is -2.38. The first-order valence-corrected chi connectivity index (χ1v) is 7.45. The molecule has 1 saturated carbocycles. The third-order valence-corrected chi connectivity index (χ3v) is 4.12. The maximum atomic E-state index is 12.2. The molecule has 3 rings (SSSR count). The van der Waals surface area contributed by atoms with Gasteiger partial charge >= 0.3 is 0 Å². The molecule has 1 aromatic heterocycles. The van der Waals surface area contributed by atoms with Crippen molar-refractivity contribution in [1.82, 2.24) is 14.9 Å². The molecule has 1 aromatic carbocycles. The number of carbonyl (C=O) groups is 1. The Hall–Kier alpha value is -1.84. The lowest BCUT2D eigenvalue weighted by Gasteiger charge is -2.23. The zero-order valence-corrected chi connectivity index (χ0v) is 11.9. The summed E-state index contributed by atoms with van der Waals surface area (Å²) in [5, 5.41) is 3.16. The van der Waals surface area contributed by atoms with Crippen LogP contribution < -0.4 is 5.32 Å². The molecule has 1 aliphatic rings. The Labute approximate surface area is 119 Å². The van der Waals surface area contributed by atoms with Crippen molar-refractivity contribution in [1.29, 1.82) is 0 Å². The first-order valence-electron chi connectivity index (χ1n) is 7.45. The maximum Gasteiger partial charge on any atom is 0.240 e. The van der Waals surface area contributed by atoms with Crippen molar-refractivity contribution >= 4 is 16.9 Å². The number of hydrogen-bond acceptors (Lipinski definition) is 2. The van der Waals surface area contributed by atoms with Gasteiger partial charge in [0.15, 0.2) is 0 Å². The van der Waals surface area contributed by atoms with Crippen LogP contribution in [0.2, 0.25) is 0 Å². The zero-order valence-electron chi connectivity index (χ0n) is 11.9. The molecule has 0 radical (unpaired) electrons. The van der Waals surface area contributed by atoms with Gasteiger partial charge < -0.3 is 9.88 Å². The van der Waals surface area contributed by atoms with Gasteiger partial charge in [-0.1, -0.05) is 31.4 Å². The summed E-state index contributed by atoms with van der Waals surface area (Å²) in [7, 11) is 0. The van der Waals surface area contributed by atoms with E-state index in [9.17, 15) is 4.79 Å². The van der Waals surface area contributed by atoms with E-state index in [2.05, 4.69) is 10.3 Å². The zero-order chi connectivity index (χ0) is 13.9. The molecule has 1 N–H and O–H groups in total. The third kappa shape index (κ3) is 2.69. The van der Waals surface area contributed by atoms with Crippen LogP contribution in [-0.4, -0.2) is 21.5 Å². The molecule has 106 valence electrons. The van der Waals surface area contributed by atoms with Crippen molar-refractivity contribution in [2.24, 2.45) is 0 Å². The van der Waals surface area contributed by atoms with E-state index >= 15 is 0 Å². The second-order valence-corrected chi connectivity index (χ2v) is 5.64. The minimum Gasteiger partial charge on any atom is -0.352 e. The second kappa shape index (κ2) is 5.65. The lowest BCUT2D eigenvalue weighted by molar-refractivity contribution is -0.122. The number of fused-ring (bicyclic) bond motifs is 1. The smallest absolute Gasteiger partial charge is 0.240 e. The van der Waals surface area contributed by atoms with E-state index in [1.807, 2.05) is 35.8 Å². The molecule has 1 fully saturated rings. The number of benzene rings is 1. The van der Waals surface area contributed by atoms with Crippen LogP contribution in [0, 0.1) is 6.92 Å². The van der Waals surface area contributed by atoms with Gasteiger partial charge in [0.25, 0.3) is 0 Å². The van der Waals surface area contributed by atoms with Gasteiger partial charge in [-0.3, -0.25) is 4.79 Å². The van der Waals surface area contributed by atoms with Crippen LogP contribution in [0.4, 0.5) is 0 Å². The quantitative estimate of drug-likeness (QED) is 0.933. The highest BCUT2D eigenvalue weighted by molar-refractivity contribution is 5.81. The van der Waals surface area contributed by atoms with Gasteiger partial charge in [0.1, 0.15) is 12.4 Å². The largest absolute Gasteiger partial charge is 0.352 e. The standard InChI is InChI=1S/C16H21N3O/c1-12-17-14-9-5-6-10-15(14)19(12)11-16(20)18-13-7-3-2-4-8-13/h5-6,9-10,13H,2-4,7-8,11H2,1H3,(H,18,20). The van der Waals surface area contributed by atoms with Gasteiger partial charge in [0.2, 0.25) is 5.91 Å². The number of carbonyl (C=O) groups excluding carboxylic acids is 1. The summed E-state index contributed by atoms with van der Waals surface area (Å²) in [4.78, 5) is 16.7. The minimum atomic E-state index is 0.100. The Bertz CT molecular complexity index is 611. The number of hydrogen-bond donors (Lipinski definition) is 1. The summed E-state index contributed by atoms with van der Waals surface area (Å²) in [6.07, 6.45) is 6.01. The summed E-state index contributed by atoms with van der Waals surface area (Å²) >= 11 is 0. The minimum absolute atomic E-state index is 0.100. The van der Waals surface area contributed by atoms with E-state index in [1.165, 1.54) is 19.3 Å². The summed E-state index contributed by atoms with van der Waals surface area (Å²) in [6.45, 7) is 2.32. The van der Waals surface area contributed by atoms with Crippen molar-refractivity contribution in [3.05, 3.63) is 30.1 Å². The molecule has 0 bridgehead atoms. The molecule has 0 atom stereocenters. The van der Waals surface area contributed by atoms with Crippen LogP contribution in [0.15, 0.2) is 24.3 Å². The fourth-order valence-corrected chi connectivity index (χ4v) is 3.06. The molecule has 0 spiro atoms. The van der Waals surface area contributed by atoms with E-state index in [0.717, 1.165) is 29.7 Å². The number of para-hydroxylation sites is 2. The van der Waals surface area contributed by atoms with Crippen molar-refractivity contribution in [2.45, 2.75) is 51.6 Å². The number of aryl methyl sites for hydroxylation is 1. The van der Waals surface area contributed by atoms with Gasteiger partial charge in [-0.25, -0.2) is 4.98 Å². The first kappa shape index (κ1) is 13.2. The van der Waals surface area contributed by atoms with E-state index < -0.39 is 0 Å². The Morgan fingerprint density at radius 3 is 2.85 bits per heavy atom. The van der Waals surface area contributed by atoms with E-state index in [4.69, 9.17) is 0 Å². The number of nitrogens with zero attached hydrogens (tertiary/aromatic N) is 2. The van der Waals surface area contributed by atoms with Gasteiger partial charge in [-0.05, 0) is 31.9 Å². The molecule has 4 nitrogen and oxygen atoms in total. The monoisotopic (exact) mass is 271 g/mol. The summed E-state index contributed by atoms with van der Waals surface area (Å²) < 4.78 is 1.99. The Balaban J connectivity index is 1.72. The molecule has 4 heteroatoms. The van der Waals surface area contributed by atoms with Gasteiger partial charge in [0, 0.05) is 6.04 Å².